The van der Waals surface area contributed by atoms with Crippen molar-refractivity contribution in [3.63, 3.8) is 0 Å². The topological polar surface area (TPSA) is 66.0 Å². The van der Waals surface area contributed by atoms with Crippen LogP contribution in [0.15, 0.2) is 196 Å². The summed E-state index contributed by atoms with van der Waals surface area (Å²) >= 11 is 0. The third-order valence-corrected chi connectivity index (χ3v) is 9.85. The maximum Gasteiger partial charge on any atom is 0.260 e. The first kappa shape index (κ1) is 31.0. The van der Waals surface area contributed by atoms with Crippen LogP contribution in [0.4, 0.5) is 0 Å². The third-order valence-electron chi connectivity index (χ3n) is 9.85. The van der Waals surface area contributed by atoms with Gasteiger partial charge in [-0.2, -0.15) is 0 Å². The van der Waals surface area contributed by atoms with Gasteiger partial charge in [0.2, 0.25) is 0 Å². The van der Waals surface area contributed by atoms with Gasteiger partial charge in [0.05, 0.1) is 23.0 Å². The molecule has 6 heteroatoms. The Labute approximate surface area is 299 Å². The first-order valence-electron chi connectivity index (χ1n) is 17.2. The van der Waals surface area contributed by atoms with Crippen molar-refractivity contribution in [3.8, 4) is 50.8 Å². The molecule has 0 spiro atoms. The molecule has 0 radical (unpaired) electrons. The zero-order valence-electron chi connectivity index (χ0n) is 28.0. The highest BCUT2D eigenvalue weighted by atomic mass is 16.1. The normalized spacial score (nSPS) is 11.5. The minimum atomic E-state index is -1.05. The maximum absolute atomic E-state index is 15.3. The maximum atomic E-state index is 15.3. The van der Waals surface area contributed by atoms with Crippen LogP contribution in [0.25, 0.3) is 50.8 Å². The van der Waals surface area contributed by atoms with Gasteiger partial charge in [0.25, 0.3) is 16.7 Å². The van der Waals surface area contributed by atoms with Crippen LogP contribution >= 0.6 is 0 Å². The van der Waals surface area contributed by atoms with Gasteiger partial charge in [0.1, 0.15) is 0 Å². The predicted molar refractivity (Wildman–Crippen MR) is 207 cm³/mol. The van der Waals surface area contributed by atoms with Crippen LogP contribution in [0, 0.1) is 0 Å². The van der Waals surface area contributed by atoms with E-state index in [1.54, 1.807) is 13.7 Å². The van der Waals surface area contributed by atoms with Crippen LogP contribution in [0.1, 0.15) is 22.6 Å². The second-order valence-corrected chi connectivity index (χ2v) is 12.7. The molecule has 6 aliphatic rings. The summed E-state index contributed by atoms with van der Waals surface area (Å²) in [4.78, 5) is 45.9. The average molecular weight is 674 g/mol. The largest absolute Gasteiger partial charge is 0.277 e. The van der Waals surface area contributed by atoms with E-state index < -0.39 is 5.92 Å². The Bertz CT molecular complexity index is 2490. The molecule has 6 nitrogen and oxygen atoms in total. The molecule has 3 aromatic carbocycles. The van der Waals surface area contributed by atoms with Crippen molar-refractivity contribution in [1.29, 1.82) is 0 Å². The van der Waals surface area contributed by atoms with E-state index in [0.717, 1.165) is 0 Å². The highest BCUT2D eigenvalue weighted by Crippen LogP contribution is 2.44. The molecule has 0 aromatic heterocycles. The van der Waals surface area contributed by atoms with Crippen molar-refractivity contribution >= 4 is 0 Å². The van der Waals surface area contributed by atoms with Gasteiger partial charge in [-0.15, -0.1) is 0 Å². The minimum Gasteiger partial charge on any atom is -0.277 e. The highest BCUT2D eigenvalue weighted by Gasteiger charge is 2.39. The molecular formula is C46H31N3O3. The predicted octanol–water partition coefficient (Wildman–Crippen LogP) is 8.63. The zero-order valence-corrected chi connectivity index (χ0v) is 28.0. The SMILES string of the molecule is O=c1c(C(c2c3cccccc-3n(-c3ccccc3)c2=O)c2c3cccccc-3n(-c3ccccc3)c2=O)c2cccccc-2n1-c1ccccc1. The second kappa shape index (κ2) is 12.7. The minimum absolute atomic E-state index is 0.293. The van der Waals surface area contributed by atoms with Crippen LogP contribution in [-0.2, 0) is 0 Å². The number of nitrogens with zero attached hydrogens (tertiary/aromatic N) is 3. The summed E-state index contributed by atoms with van der Waals surface area (Å²) in [5.41, 5.74) is 6.28. The fraction of sp³-hybridized carbons (Fsp3) is 0.0217. The zero-order chi connectivity index (χ0) is 35.2. The Morgan fingerprint density at radius 1 is 0.288 bits per heavy atom. The van der Waals surface area contributed by atoms with Crippen molar-refractivity contribution in [1.82, 2.24) is 13.7 Å². The van der Waals surface area contributed by atoms with Crippen molar-refractivity contribution in [2.45, 2.75) is 5.92 Å². The lowest BCUT2D eigenvalue weighted by molar-refractivity contribution is 0.905. The van der Waals surface area contributed by atoms with E-state index in [1.807, 2.05) is 182 Å². The average Bonchev–Trinajstić information content (AvgIpc) is 3.41. The van der Waals surface area contributed by atoms with Crippen LogP contribution in [0.3, 0.4) is 0 Å². The van der Waals surface area contributed by atoms with Gasteiger partial charge in [0, 0.05) is 50.4 Å². The van der Waals surface area contributed by atoms with E-state index in [1.165, 1.54) is 0 Å². The van der Waals surface area contributed by atoms with Crippen molar-refractivity contribution in [2.24, 2.45) is 0 Å². The summed E-state index contributed by atoms with van der Waals surface area (Å²) in [7, 11) is 0. The van der Waals surface area contributed by atoms with Crippen LogP contribution in [0.5, 0.6) is 0 Å². The van der Waals surface area contributed by atoms with Crippen molar-refractivity contribution in [2.75, 3.05) is 0 Å². The van der Waals surface area contributed by atoms with Crippen molar-refractivity contribution < 1.29 is 0 Å². The van der Waals surface area contributed by atoms with Gasteiger partial charge < -0.3 is 0 Å². The van der Waals surface area contributed by atoms with E-state index in [0.29, 0.717) is 67.5 Å². The number of hydrogen-bond donors (Lipinski definition) is 0. The number of para-hydroxylation sites is 3. The Balaban J connectivity index is 1.49. The molecule has 52 heavy (non-hydrogen) atoms. The summed E-state index contributed by atoms with van der Waals surface area (Å²) < 4.78 is 5.08. The molecule has 3 aliphatic heterocycles. The fourth-order valence-electron chi connectivity index (χ4n) is 7.69. The molecule has 3 aromatic rings. The molecular weight excluding hydrogens is 643 g/mol. The number of fused-ring (bicyclic) bond motifs is 3. The molecule has 0 atom stereocenters. The quantitative estimate of drug-likeness (QED) is 0.178. The van der Waals surface area contributed by atoms with E-state index in [2.05, 4.69) is 0 Å². The molecule has 0 N–H and O–H groups in total. The smallest absolute Gasteiger partial charge is 0.260 e. The molecule has 0 fully saturated rings. The first-order valence-corrected chi connectivity index (χ1v) is 17.2. The lowest BCUT2D eigenvalue weighted by Crippen LogP contribution is -2.27. The first-order chi connectivity index (χ1) is 25.6. The molecule has 0 saturated carbocycles. The van der Waals surface area contributed by atoms with E-state index in [4.69, 9.17) is 0 Å². The van der Waals surface area contributed by atoms with Crippen LogP contribution < -0.4 is 16.7 Å². The Morgan fingerprint density at radius 2 is 0.519 bits per heavy atom. The Kier molecular flexibility index (Phi) is 7.55. The van der Waals surface area contributed by atoms with Crippen molar-refractivity contribution in [3.05, 3.63) is 230 Å². The lowest BCUT2D eigenvalue weighted by Gasteiger charge is -2.16. The number of rotatable bonds is 6. The summed E-state index contributed by atoms with van der Waals surface area (Å²) in [6, 6.07) is 57.1. The molecule has 248 valence electrons. The fourth-order valence-corrected chi connectivity index (χ4v) is 7.69. The standard InChI is InChI=1S/C46H31N3O3/c50-44-40(34-25-13-4-16-28-37(34)47(44)31-19-7-1-8-20-31)43(41-35-26-14-5-17-29-38(35)48(45(41)51)32-21-9-2-10-22-32)42-36-27-15-6-18-30-39(36)49(46(42)52)33-23-11-3-12-24-33/h1-30,43H. The summed E-state index contributed by atoms with van der Waals surface area (Å²) in [5, 5.41) is 0. The summed E-state index contributed by atoms with van der Waals surface area (Å²) in [6.07, 6.45) is 0. The Hall–Kier alpha value is -7.05. The summed E-state index contributed by atoms with van der Waals surface area (Å²) in [5.74, 6) is -1.05. The van der Waals surface area contributed by atoms with Crippen LogP contribution in [-0.4, -0.2) is 13.7 Å². The summed E-state index contributed by atoms with van der Waals surface area (Å²) in [6.45, 7) is 0. The molecule has 3 heterocycles. The molecule has 0 saturated heterocycles. The van der Waals surface area contributed by atoms with E-state index >= 15 is 14.4 Å². The second-order valence-electron chi connectivity index (χ2n) is 12.7. The lowest BCUT2D eigenvalue weighted by atomic mass is 9.82. The van der Waals surface area contributed by atoms with Gasteiger partial charge in [0.15, 0.2) is 0 Å². The third kappa shape index (κ3) is 4.84. The number of hydrogen-bond acceptors (Lipinski definition) is 3. The van der Waals surface area contributed by atoms with E-state index in [9.17, 15) is 0 Å². The molecule has 9 rings (SSSR count). The van der Waals surface area contributed by atoms with Gasteiger partial charge in [-0.3, -0.25) is 28.1 Å². The number of benzene rings is 3. The molecule has 0 amide bonds. The molecule has 0 unspecified atom stereocenters. The van der Waals surface area contributed by atoms with Gasteiger partial charge >= 0.3 is 0 Å². The number of aromatic nitrogens is 3. The molecule has 0 bridgehead atoms. The monoisotopic (exact) mass is 673 g/mol. The Morgan fingerprint density at radius 3 is 0.788 bits per heavy atom. The van der Waals surface area contributed by atoms with E-state index in [-0.39, 0.29) is 16.7 Å². The highest BCUT2D eigenvalue weighted by molar-refractivity contribution is 5.80. The molecule has 3 aliphatic carbocycles. The van der Waals surface area contributed by atoms with Crippen LogP contribution in [0.2, 0.25) is 0 Å². The van der Waals surface area contributed by atoms with Gasteiger partial charge in [-0.05, 0) is 54.6 Å². The van der Waals surface area contributed by atoms with Gasteiger partial charge in [-0.1, -0.05) is 127 Å². The van der Waals surface area contributed by atoms with Gasteiger partial charge in [-0.25, -0.2) is 0 Å².